The molecule has 1 aromatic rings. The predicted molar refractivity (Wildman–Crippen MR) is 56.5 cm³/mol. The van der Waals surface area contributed by atoms with Gasteiger partial charge in [0.2, 0.25) is 0 Å². The maximum absolute atomic E-state index is 12.9. The van der Waals surface area contributed by atoms with Crippen LogP contribution in [0.5, 0.6) is 0 Å². The first-order valence-corrected chi connectivity index (χ1v) is 5.02. The number of rotatable bonds is 4. The van der Waals surface area contributed by atoms with E-state index in [0.29, 0.717) is 6.07 Å². The molecule has 1 N–H and O–H groups in total. The van der Waals surface area contributed by atoms with Crippen molar-refractivity contribution in [2.75, 3.05) is 19.0 Å². The molecule has 18 heavy (non-hydrogen) atoms. The highest BCUT2D eigenvalue weighted by molar-refractivity contribution is 5.69. The molecule has 1 aromatic carbocycles. The molecule has 0 bridgehead atoms. The Hall–Kier alpha value is -1.79. The first-order valence-electron chi connectivity index (χ1n) is 5.02. The maximum atomic E-state index is 12.9. The molecule has 0 saturated carbocycles. The van der Waals surface area contributed by atoms with Crippen LogP contribution in [0, 0.1) is 5.82 Å². The molecule has 0 fully saturated rings. The number of methoxy groups -OCH3 is 1. The summed E-state index contributed by atoms with van der Waals surface area (Å²) >= 11 is 0. The molecule has 0 atom stereocenters. The fraction of sp³-hybridized carbons (Fsp3) is 0.364. The highest BCUT2D eigenvalue weighted by Gasteiger charge is 2.34. The molecule has 0 unspecified atom stereocenters. The van der Waals surface area contributed by atoms with Crippen LogP contribution in [-0.4, -0.2) is 19.6 Å². The Kier molecular flexibility index (Phi) is 4.52. The number of hydrogen-bond acceptors (Lipinski definition) is 3. The summed E-state index contributed by atoms with van der Waals surface area (Å²) in [6.07, 6.45) is -4.74. The van der Waals surface area contributed by atoms with Crippen LogP contribution >= 0.6 is 0 Å². The lowest BCUT2D eigenvalue weighted by Gasteiger charge is -2.11. The van der Waals surface area contributed by atoms with E-state index in [0.717, 1.165) is 6.07 Å². The first-order chi connectivity index (χ1) is 8.34. The molecule has 1 rings (SSSR count). The van der Waals surface area contributed by atoms with E-state index in [1.54, 1.807) is 0 Å². The lowest BCUT2D eigenvalue weighted by molar-refractivity contribution is -0.141. The van der Waals surface area contributed by atoms with Crippen molar-refractivity contribution in [2.24, 2.45) is 0 Å². The third-order valence-corrected chi connectivity index (χ3v) is 2.16. The van der Waals surface area contributed by atoms with Gasteiger partial charge >= 0.3 is 12.1 Å². The van der Waals surface area contributed by atoms with Crippen LogP contribution in [0.3, 0.4) is 0 Å². The Morgan fingerprint density at radius 3 is 2.61 bits per heavy atom. The van der Waals surface area contributed by atoms with E-state index < -0.39 is 23.5 Å². The Morgan fingerprint density at radius 2 is 2.06 bits per heavy atom. The normalized spacial score (nSPS) is 11.2. The maximum Gasteiger partial charge on any atom is 0.419 e. The Labute approximate surface area is 101 Å². The molecule has 0 radical (unpaired) electrons. The minimum Gasteiger partial charge on any atom is -0.469 e. The van der Waals surface area contributed by atoms with E-state index in [1.165, 1.54) is 13.2 Å². The summed E-state index contributed by atoms with van der Waals surface area (Å²) < 4.78 is 54.5. The molecular weight excluding hydrogens is 254 g/mol. The number of nitrogens with one attached hydrogen (secondary N) is 1. The number of carbonyl (C=O) groups is 1. The van der Waals surface area contributed by atoms with Crippen molar-refractivity contribution in [2.45, 2.75) is 12.6 Å². The summed E-state index contributed by atoms with van der Waals surface area (Å²) in [5.41, 5.74) is -1.25. The highest BCUT2D eigenvalue weighted by atomic mass is 19.4. The van der Waals surface area contributed by atoms with Crippen molar-refractivity contribution in [3.05, 3.63) is 29.6 Å². The van der Waals surface area contributed by atoms with E-state index >= 15 is 0 Å². The highest BCUT2D eigenvalue weighted by Crippen LogP contribution is 2.32. The van der Waals surface area contributed by atoms with Crippen molar-refractivity contribution in [3.63, 3.8) is 0 Å². The zero-order chi connectivity index (χ0) is 13.8. The standard InChI is InChI=1S/C11H11F4NO2/c1-18-10(17)4-5-16-7-2-3-9(12)8(6-7)11(13,14)15/h2-3,6,16H,4-5H2,1H3. The lowest BCUT2D eigenvalue weighted by Crippen LogP contribution is -2.12. The number of halogens is 4. The van der Waals surface area contributed by atoms with Crippen LogP contribution in [-0.2, 0) is 15.7 Å². The molecule has 3 nitrogen and oxygen atoms in total. The molecule has 0 aromatic heterocycles. The lowest BCUT2D eigenvalue weighted by atomic mass is 10.2. The van der Waals surface area contributed by atoms with Gasteiger partial charge < -0.3 is 10.1 Å². The van der Waals surface area contributed by atoms with E-state index in [4.69, 9.17) is 0 Å². The third-order valence-electron chi connectivity index (χ3n) is 2.16. The van der Waals surface area contributed by atoms with Gasteiger partial charge in [0.25, 0.3) is 0 Å². The van der Waals surface area contributed by atoms with Gasteiger partial charge in [-0.15, -0.1) is 0 Å². The van der Waals surface area contributed by atoms with Crippen molar-refractivity contribution < 1.29 is 27.1 Å². The summed E-state index contributed by atoms with van der Waals surface area (Å²) in [6, 6.07) is 2.55. The van der Waals surface area contributed by atoms with Crippen LogP contribution in [0.1, 0.15) is 12.0 Å². The average Bonchev–Trinajstić information content (AvgIpc) is 2.29. The number of benzene rings is 1. The molecule has 0 aliphatic rings. The van der Waals surface area contributed by atoms with E-state index in [-0.39, 0.29) is 18.7 Å². The second-order valence-corrected chi connectivity index (χ2v) is 3.45. The van der Waals surface area contributed by atoms with Crippen LogP contribution in [0.15, 0.2) is 18.2 Å². The Bertz CT molecular complexity index is 432. The van der Waals surface area contributed by atoms with Crippen molar-refractivity contribution in [1.82, 2.24) is 0 Å². The molecule has 0 amide bonds. The molecule has 0 heterocycles. The molecule has 0 spiro atoms. The van der Waals surface area contributed by atoms with Gasteiger partial charge in [0.05, 0.1) is 19.1 Å². The fourth-order valence-corrected chi connectivity index (χ4v) is 1.26. The van der Waals surface area contributed by atoms with Gasteiger partial charge in [-0.3, -0.25) is 4.79 Å². The number of carbonyl (C=O) groups excluding carboxylic acids is 1. The second kappa shape index (κ2) is 5.70. The van der Waals surface area contributed by atoms with Crippen molar-refractivity contribution in [1.29, 1.82) is 0 Å². The van der Waals surface area contributed by atoms with Gasteiger partial charge in [0.15, 0.2) is 0 Å². The topological polar surface area (TPSA) is 38.3 Å². The van der Waals surface area contributed by atoms with Crippen molar-refractivity contribution in [3.8, 4) is 0 Å². The summed E-state index contributed by atoms with van der Waals surface area (Å²) in [4.78, 5) is 10.8. The third kappa shape index (κ3) is 3.90. The quantitative estimate of drug-likeness (QED) is 0.672. The van der Waals surface area contributed by atoms with Gasteiger partial charge in [-0.1, -0.05) is 0 Å². The largest absolute Gasteiger partial charge is 0.469 e. The van der Waals surface area contributed by atoms with Gasteiger partial charge in [-0.05, 0) is 18.2 Å². The Balaban J connectivity index is 2.71. The molecule has 0 aliphatic heterocycles. The van der Waals surface area contributed by atoms with Crippen LogP contribution in [0.25, 0.3) is 0 Å². The molecular formula is C11H11F4NO2. The van der Waals surface area contributed by atoms with E-state index in [2.05, 4.69) is 10.1 Å². The van der Waals surface area contributed by atoms with E-state index in [9.17, 15) is 22.4 Å². The monoisotopic (exact) mass is 265 g/mol. The molecule has 0 saturated heterocycles. The van der Waals surface area contributed by atoms with Gasteiger partial charge in [0, 0.05) is 12.2 Å². The van der Waals surface area contributed by atoms with Crippen LogP contribution in [0.4, 0.5) is 23.2 Å². The van der Waals surface area contributed by atoms with Crippen LogP contribution < -0.4 is 5.32 Å². The number of esters is 1. The van der Waals surface area contributed by atoms with Crippen molar-refractivity contribution >= 4 is 11.7 Å². The zero-order valence-corrected chi connectivity index (χ0v) is 9.47. The van der Waals surface area contributed by atoms with Gasteiger partial charge in [-0.2, -0.15) is 13.2 Å². The number of ether oxygens (including phenoxy) is 1. The first kappa shape index (κ1) is 14.3. The second-order valence-electron chi connectivity index (χ2n) is 3.45. The fourth-order valence-electron chi connectivity index (χ4n) is 1.26. The number of alkyl halides is 3. The zero-order valence-electron chi connectivity index (χ0n) is 9.47. The molecule has 100 valence electrons. The molecule has 7 heteroatoms. The summed E-state index contributed by atoms with van der Waals surface area (Å²) in [7, 11) is 1.21. The summed E-state index contributed by atoms with van der Waals surface area (Å²) in [5.74, 6) is -1.82. The molecule has 0 aliphatic carbocycles. The number of anilines is 1. The SMILES string of the molecule is COC(=O)CCNc1ccc(F)c(C(F)(F)F)c1. The number of hydrogen-bond donors (Lipinski definition) is 1. The van der Waals surface area contributed by atoms with E-state index in [1.807, 2.05) is 0 Å². The summed E-state index contributed by atoms with van der Waals surface area (Å²) in [5, 5.41) is 2.58. The smallest absolute Gasteiger partial charge is 0.419 e. The minimum absolute atomic E-state index is 0.00915. The predicted octanol–water partition coefficient (Wildman–Crippen LogP) is 2.82. The summed E-state index contributed by atoms with van der Waals surface area (Å²) in [6.45, 7) is 0.107. The average molecular weight is 265 g/mol. The Morgan fingerprint density at radius 1 is 1.39 bits per heavy atom. The van der Waals surface area contributed by atoms with Gasteiger partial charge in [-0.25, -0.2) is 4.39 Å². The van der Waals surface area contributed by atoms with Gasteiger partial charge in [0.1, 0.15) is 5.82 Å². The minimum atomic E-state index is -4.75. The van der Waals surface area contributed by atoms with Crippen LogP contribution in [0.2, 0.25) is 0 Å².